The van der Waals surface area contributed by atoms with Crippen molar-refractivity contribution in [1.82, 2.24) is 24.9 Å². The van der Waals surface area contributed by atoms with Gasteiger partial charge in [-0.15, -0.1) is 0 Å². The number of ether oxygens (including phenoxy) is 2. The molecular weight excluding hydrogens is 907 g/mol. The van der Waals surface area contributed by atoms with Crippen LogP contribution in [-0.4, -0.2) is 37.1 Å². The van der Waals surface area contributed by atoms with E-state index in [1.54, 1.807) is 0 Å². The lowest BCUT2D eigenvalue weighted by Gasteiger charge is -2.34. The van der Waals surface area contributed by atoms with Crippen LogP contribution in [0.4, 0.5) is 0 Å². The molecule has 3 aromatic heterocycles. The van der Waals surface area contributed by atoms with Gasteiger partial charge in [-0.25, -0.2) is 15.0 Å². The van der Waals surface area contributed by atoms with Crippen molar-refractivity contribution in [3.8, 4) is 124 Å². The number of allylic oxidation sites excluding steroid dienone is 2. The molecule has 2 aliphatic rings. The molecule has 74 heavy (non-hydrogen) atoms. The van der Waals surface area contributed by atoms with Gasteiger partial charge in [0.05, 0.1) is 17.0 Å². The maximum atomic E-state index is 6.94. The molecule has 7 nitrogen and oxygen atoms in total. The highest BCUT2D eigenvalue weighted by Gasteiger charge is 2.34. The largest absolute Gasteiger partial charge is 0.478 e. The summed E-state index contributed by atoms with van der Waals surface area (Å²) in [5.41, 5.74) is 17.2. The highest BCUT2D eigenvalue weighted by atomic mass is 16.6. The van der Waals surface area contributed by atoms with Crippen molar-refractivity contribution in [2.75, 3.05) is 0 Å². The van der Waals surface area contributed by atoms with Gasteiger partial charge in [0, 0.05) is 40.2 Å². The summed E-state index contributed by atoms with van der Waals surface area (Å²) in [4.78, 5) is 24.8. The molecule has 0 radical (unpaired) electrons. The number of nitrogens with zero attached hydrogens (tertiary/aromatic N) is 5. The number of hydrogen-bond donors (Lipinski definition) is 0. The second-order valence-corrected chi connectivity index (χ2v) is 18.3. The minimum Gasteiger partial charge on any atom is -0.478 e. The Labute approximate surface area is 429 Å². The van der Waals surface area contributed by atoms with Gasteiger partial charge in [-0.1, -0.05) is 182 Å². The molecule has 0 bridgehead atoms. The number of pyridine rings is 2. The molecule has 0 saturated carbocycles. The molecule has 2 unspecified atom stereocenters. The average Bonchev–Trinajstić information content (AvgIpc) is 3.49. The summed E-state index contributed by atoms with van der Waals surface area (Å²) in [7, 11) is 0. The second-order valence-electron chi connectivity index (χ2n) is 18.3. The Hall–Kier alpha value is -9.85. The molecule has 11 aromatic rings. The molecule has 7 heteroatoms. The van der Waals surface area contributed by atoms with E-state index in [2.05, 4.69) is 186 Å². The first-order chi connectivity index (χ1) is 36.6. The van der Waals surface area contributed by atoms with Crippen molar-refractivity contribution in [1.29, 1.82) is 0 Å². The predicted octanol–water partition coefficient (Wildman–Crippen LogP) is 16.0. The maximum Gasteiger partial charge on any atom is 0.174 e. The lowest BCUT2D eigenvalue weighted by Crippen LogP contribution is -2.38. The zero-order valence-corrected chi connectivity index (χ0v) is 40.0. The van der Waals surface area contributed by atoms with E-state index in [9.17, 15) is 0 Å². The van der Waals surface area contributed by atoms with Crippen molar-refractivity contribution >= 4 is 0 Å². The summed E-state index contributed by atoms with van der Waals surface area (Å²) in [6.45, 7) is 0. The van der Waals surface area contributed by atoms with E-state index < -0.39 is 0 Å². The third-order valence-electron chi connectivity index (χ3n) is 13.6. The van der Waals surface area contributed by atoms with Crippen LogP contribution in [-0.2, 0) is 0 Å². The summed E-state index contributed by atoms with van der Waals surface area (Å²) in [6.07, 6.45) is 11.1. The number of fused-ring (bicyclic) bond motifs is 2. The van der Waals surface area contributed by atoms with E-state index >= 15 is 0 Å². The minimum atomic E-state index is -0.331. The lowest BCUT2D eigenvalue weighted by atomic mass is 9.94. The van der Waals surface area contributed by atoms with E-state index in [0.717, 1.165) is 89.3 Å². The third-order valence-corrected chi connectivity index (χ3v) is 13.6. The van der Waals surface area contributed by atoms with Gasteiger partial charge >= 0.3 is 0 Å². The first-order valence-electron chi connectivity index (χ1n) is 24.8. The molecule has 1 aliphatic carbocycles. The zero-order chi connectivity index (χ0) is 49.2. The van der Waals surface area contributed by atoms with Crippen LogP contribution in [0, 0.1) is 0 Å². The smallest absolute Gasteiger partial charge is 0.174 e. The molecule has 0 fully saturated rings. The van der Waals surface area contributed by atoms with Crippen LogP contribution in [0.1, 0.15) is 0 Å². The van der Waals surface area contributed by atoms with Gasteiger partial charge in [0.25, 0.3) is 0 Å². The first-order valence-corrected chi connectivity index (χ1v) is 24.8. The SMILES string of the molecule is C1=CC2Oc3c(-c4ccc(-c5ccc(-c6cc(-c7ccccn7)cc(-c7ccccn7)c6)cc5)cc4)ccc(-c4nc(-c5ccc(-c6ccccc6)cc5)nc(-c5ccc(-c6ccccc6)cc5)n4)c3OC2C=C1. The van der Waals surface area contributed by atoms with Crippen LogP contribution in [0.3, 0.4) is 0 Å². The zero-order valence-electron chi connectivity index (χ0n) is 40.0. The van der Waals surface area contributed by atoms with Crippen molar-refractivity contribution < 1.29 is 9.47 Å². The standard InChI is InChI=1S/C67H45N5O2/c1-3-13-44(14-4-1)46-27-33-52(34-28-46)65-70-66(53-35-29-47(30-36-53)45-15-5-2-6-16-45)72-67(71-65)58-38-37-57(63-64(58)74-62-20-8-7-19-61(62)73-63)51-31-25-49(26-32-51)48-21-23-50(24-22-48)54-41-55(59-17-9-11-39-68-59)43-56(42-54)60-18-10-12-40-69-60/h1-43,61-62H. The highest BCUT2D eigenvalue weighted by molar-refractivity contribution is 5.85. The predicted molar refractivity (Wildman–Crippen MR) is 297 cm³/mol. The molecule has 0 amide bonds. The molecule has 2 atom stereocenters. The van der Waals surface area contributed by atoms with Gasteiger partial charge < -0.3 is 9.47 Å². The highest BCUT2D eigenvalue weighted by Crippen LogP contribution is 2.49. The Bertz CT molecular complexity index is 3690. The topological polar surface area (TPSA) is 82.9 Å². The fraction of sp³-hybridized carbons (Fsp3) is 0.0299. The summed E-state index contributed by atoms with van der Waals surface area (Å²) in [6, 6.07) is 77.5. The van der Waals surface area contributed by atoms with Gasteiger partial charge in [0.15, 0.2) is 41.2 Å². The van der Waals surface area contributed by atoms with E-state index in [0.29, 0.717) is 34.5 Å². The Balaban J connectivity index is 0.855. The van der Waals surface area contributed by atoms with E-state index in [-0.39, 0.29) is 12.2 Å². The monoisotopic (exact) mass is 951 g/mol. The van der Waals surface area contributed by atoms with Gasteiger partial charge in [-0.3, -0.25) is 9.97 Å². The van der Waals surface area contributed by atoms with Crippen molar-refractivity contribution in [3.05, 3.63) is 261 Å². The molecule has 1 aliphatic heterocycles. The quantitative estimate of drug-likeness (QED) is 0.135. The normalized spacial score (nSPS) is 14.3. The van der Waals surface area contributed by atoms with Crippen molar-refractivity contribution in [3.63, 3.8) is 0 Å². The van der Waals surface area contributed by atoms with Crippen LogP contribution < -0.4 is 9.47 Å². The van der Waals surface area contributed by atoms with Crippen LogP contribution in [0.15, 0.2) is 261 Å². The molecule has 0 N–H and O–H groups in total. The van der Waals surface area contributed by atoms with E-state index in [1.165, 1.54) is 0 Å². The van der Waals surface area contributed by atoms with Gasteiger partial charge in [-0.05, 0) is 117 Å². The van der Waals surface area contributed by atoms with Crippen molar-refractivity contribution in [2.45, 2.75) is 12.2 Å². The van der Waals surface area contributed by atoms with Crippen LogP contribution in [0.25, 0.3) is 112 Å². The average molecular weight is 952 g/mol. The molecule has 8 aromatic carbocycles. The van der Waals surface area contributed by atoms with Crippen LogP contribution >= 0.6 is 0 Å². The molecule has 0 saturated heterocycles. The number of aromatic nitrogens is 5. The van der Waals surface area contributed by atoms with Gasteiger partial charge in [0.1, 0.15) is 0 Å². The molecule has 0 spiro atoms. The summed E-state index contributed by atoms with van der Waals surface area (Å²) >= 11 is 0. The molecule has 350 valence electrons. The Morgan fingerprint density at radius 2 is 0.622 bits per heavy atom. The van der Waals surface area contributed by atoms with Gasteiger partial charge in [0.2, 0.25) is 0 Å². The number of benzene rings is 8. The van der Waals surface area contributed by atoms with Crippen LogP contribution in [0.2, 0.25) is 0 Å². The maximum absolute atomic E-state index is 6.94. The van der Waals surface area contributed by atoms with Gasteiger partial charge in [-0.2, -0.15) is 0 Å². The molecule has 4 heterocycles. The van der Waals surface area contributed by atoms with Crippen molar-refractivity contribution in [2.24, 2.45) is 0 Å². The molecular formula is C67H45N5O2. The van der Waals surface area contributed by atoms with E-state index in [4.69, 9.17) is 24.4 Å². The third kappa shape index (κ3) is 8.84. The molecule has 13 rings (SSSR count). The lowest BCUT2D eigenvalue weighted by molar-refractivity contribution is 0.0769. The summed E-state index contributed by atoms with van der Waals surface area (Å²) in [5, 5.41) is 0. The number of hydrogen-bond acceptors (Lipinski definition) is 7. The minimum absolute atomic E-state index is 0.306. The first kappa shape index (κ1) is 44.1. The Morgan fingerprint density at radius 3 is 1.07 bits per heavy atom. The van der Waals surface area contributed by atoms with Crippen LogP contribution in [0.5, 0.6) is 11.5 Å². The summed E-state index contributed by atoms with van der Waals surface area (Å²) in [5.74, 6) is 2.83. The Morgan fingerprint density at radius 1 is 0.270 bits per heavy atom. The van der Waals surface area contributed by atoms with E-state index in [1.807, 2.05) is 85.2 Å². The second kappa shape index (κ2) is 19.4. The summed E-state index contributed by atoms with van der Waals surface area (Å²) < 4.78 is 13.9. The fourth-order valence-corrected chi connectivity index (χ4v) is 9.74. The number of rotatable bonds is 10. The Kier molecular flexibility index (Phi) is 11.6. The fourth-order valence-electron chi connectivity index (χ4n) is 9.74.